The van der Waals surface area contributed by atoms with Gasteiger partial charge in [0.05, 0.1) is 15.5 Å². The largest absolute Gasteiger partial charge is 0.273 e. The van der Waals surface area contributed by atoms with Gasteiger partial charge in [0.1, 0.15) is 4.21 Å². The van der Waals surface area contributed by atoms with Crippen molar-refractivity contribution in [2.24, 2.45) is 0 Å². The van der Waals surface area contributed by atoms with Crippen molar-refractivity contribution in [3.05, 3.63) is 50.8 Å². The minimum absolute atomic E-state index is 0.0124. The maximum Gasteiger partial charge on any atom is 0.273 e. The van der Waals surface area contributed by atoms with E-state index < -0.39 is 15.9 Å². The van der Waals surface area contributed by atoms with Gasteiger partial charge in [0.15, 0.2) is 0 Å². The van der Waals surface area contributed by atoms with E-state index in [2.05, 4.69) is 5.92 Å². The first-order valence-electron chi connectivity index (χ1n) is 5.42. The molecular weight excluding hydrogens is 353 g/mol. The van der Waals surface area contributed by atoms with Gasteiger partial charge in [-0.3, -0.25) is 4.79 Å². The summed E-state index contributed by atoms with van der Waals surface area (Å²) in [5.41, 5.74) is 0.0124. The Morgan fingerprint density at radius 3 is 2.52 bits per heavy atom. The maximum absolute atomic E-state index is 12.1. The summed E-state index contributed by atoms with van der Waals surface area (Å²) >= 11 is 12.5. The van der Waals surface area contributed by atoms with Gasteiger partial charge in [-0.25, -0.2) is 13.1 Å². The predicted octanol–water partition coefficient (Wildman–Crippen LogP) is 3.15. The van der Waals surface area contributed by atoms with E-state index in [0.29, 0.717) is 9.90 Å². The lowest BCUT2D eigenvalue weighted by atomic mass is 10.2. The van der Waals surface area contributed by atoms with Crippen LogP contribution in [0.2, 0.25) is 10.0 Å². The Morgan fingerprint density at radius 2 is 1.95 bits per heavy atom. The van der Waals surface area contributed by atoms with E-state index in [1.54, 1.807) is 0 Å². The third-order valence-corrected chi connectivity index (χ3v) is 5.78. The number of benzene rings is 1. The van der Waals surface area contributed by atoms with Gasteiger partial charge in [0.25, 0.3) is 15.9 Å². The molecule has 1 aromatic heterocycles. The van der Waals surface area contributed by atoms with Gasteiger partial charge in [0, 0.05) is 5.02 Å². The molecule has 4 nitrogen and oxygen atoms in total. The average Bonchev–Trinajstić information content (AvgIpc) is 2.87. The molecule has 1 N–H and O–H groups in total. The molecule has 1 amide bonds. The number of halogens is 2. The molecule has 2 rings (SSSR count). The second-order valence-corrected chi connectivity index (χ2v) is 7.66. The number of rotatable bonds is 3. The fourth-order valence-electron chi connectivity index (χ4n) is 1.44. The van der Waals surface area contributed by atoms with E-state index in [1.807, 2.05) is 4.72 Å². The molecule has 0 fully saturated rings. The molecule has 0 aliphatic carbocycles. The molecule has 0 radical (unpaired) electrons. The van der Waals surface area contributed by atoms with Crippen LogP contribution in [0.15, 0.2) is 34.5 Å². The third kappa shape index (κ3) is 3.57. The molecule has 108 valence electrons. The third-order valence-electron chi connectivity index (χ3n) is 2.39. The summed E-state index contributed by atoms with van der Waals surface area (Å²) in [7, 11) is -3.99. The van der Waals surface area contributed by atoms with Crippen LogP contribution in [0, 0.1) is 12.3 Å². The number of thiophene rings is 1. The molecule has 0 atom stereocenters. The normalized spacial score (nSPS) is 10.9. The van der Waals surface area contributed by atoms with E-state index in [-0.39, 0.29) is 14.8 Å². The van der Waals surface area contributed by atoms with Gasteiger partial charge in [-0.15, -0.1) is 17.8 Å². The number of hydrogen-bond donors (Lipinski definition) is 1. The first-order chi connectivity index (χ1) is 9.83. The smallest absolute Gasteiger partial charge is 0.268 e. The highest BCUT2D eigenvalue weighted by molar-refractivity contribution is 7.92. The molecule has 21 heavy (non-hydrogen) atoms. The lowest BCUT2D eigenvalue weighted by Gasteiger charge is -2.06. The van der Waals surface area contributed by atoms with Crippen LogP contribution in [0.3, 0.4) is 0 Å². The van der Waals surface area contributed by atoms with E-state index in [9.17, 15) is 13.2 Å². The van der Waals surface area contributed by atoms with Crippen molar-refractivity contribution in [1.82, 2.24) is 4.72 Å². The lowest BCUT2D eigenvalue weighted by Crippen LogP contribution is -2.30. The predicted molar refractivity (Wildman–Crippen MR) is 83.4 cm³/mol. The number of terminal acetylenes is 1. The highest BCUT2D eigenvalue weighted by Crippen LogP contribution is 2.23. The summed E-state index contributed by atoms with van der Waals surface area (Å²) in [4.78, 5) is 12.4. The summed E-state index contributed by atoms with van der Waals surface area (Å²) in [6.45, 7) is 0. The Morgan fingerprint density at radius 1 is 1.24 bits per heavy atom. The quantitative estimate of drug-likeness (QED) is 0.856. The molecule has 0 aliphatic rings. The van der Waals surface area contributed by atoms with E-state index in [1.165, 1.54) is 30.3 Å². The van der Waals surface area contributed by atoms with Crippen molar-refractivity contribution in [3.63, 3.8) is 0 Å². The number of carbonyl (C=O) groups excluding carboxylic acids is 1. The first kappa shape index (κ1) is 15.9. The maximum atomic E-state index is 12.1. The second-order valence-electron chi connectivity index (χ2n) is 3.82. The van der Waals surface area contributed by atoms with Gasteiger partial charge in [-0.1, -0.05) is 29.1 Å². The highest BCUT2D eigenvalue weighted by atomic mass is 35.5. The molecule has 0 unspecified atom stereocenters. The number of hydrogen-bond acceptors (Lipinski definition) is 4. The minimum Gasteiger partial charge on any atom is -0.268 e. The fourth-order valence-corrected chi connectivity index (χ4v) is 4.02. The molecule has 0 saturated carbocycles. The standard InChI is InChI=1S/C13H7Cl2NO3S2/c1-2-9-4-6-12(20-9)21(18,19)16-13(17)10-5-3-8(14)7-11(10)15/h1,3-7H,(H,16,17). The fraction of sp³-hybridized carbons (Fsp3) is 0. The van der Waals surface area contributed by atoms with Gasteiger partial charge >= 0.3 is 0 Å². The van der Waals surface area contributed by atoms with Crippen LogP contribution in [-0.2, 0) is 10.0 Å². The van der Waals surface area contributed by atoms with Gasteiger partial charge < -0.3 is 0 Å². The topological polar surface area (TPSA) is 63.2 Å². The highest BCUT2D eigenvalue weighted by Gasteiger charge is 2.22. The lowest BCUT2D eigenvalue weighted by molar-refractivity contribution is 0.0981. The Hall–Kier alpha value is -1.52. The van der Waals surface area contributed by atoms with Crippen LogP contribution >= 0.6 is 34.5 Å². The number of carbonyl (C=O) groups is 1. The van der Waals surface area contributed by atoms with Crippen molar-refractivity contribution < 1.29 is 13.2 Å². The van der Waals surface area contributed by atoms with E-state index in [4.69, 9.17) is 29.6 Å². The van der Waals surface area contributed by atoms with Crippen molar-refractivity contribution in [1.29, 1.82) is 0 Å². The van der Waals surface area contributed by atoms with Gasteiger partial charge in [-0.05, 0) is 30.3 Å². The zero-order valence-electron chi connectivity index (χ0n) is 10.3. The van der Waals surface area contributed by atoms with Crippen LogP contribution < -0.4 is 4.72 Å². The molecule has 2 aromatic rings. The van der Waals surface area contributed by atoms with Crippen molar-refractivity contribution in [2.75, 3.05) is 0 Å². The molecule has 0 spiro atoms. The molecule has 0 aliphatic heterocycles. The number of amides is 1. The molecule has 0 bridgehead atoms. The summed E-state index contributed by atoms with van der Waals surface area (Å²) in [5.74, 6) is 1.48. The average molecular weight is 360 g/mol. The van der Waals surface area contributed by atoms with Gasteiger partial charge in [0.2, 0.25) is 0 Å². The van der Waals surface area contributed by atoms with E-state index in [0.717, 1.165) is 11.3 Å². The monoisotopic (exact) mass is 359 g/mol. The molecular formula is C13H7Cl2NO3S2. The number of nitrogens with one attached hydrogen (secondary N) is 1. The Labute approximate surface area is 135 Å². The second kappa shape index (κ2) is 6.08. The van der Waals surface area contributed by atoms with Gasteiger partial charge in [-0.2, -0.15) is 0 Å². The van der Waals surface area contributed by atoms with Crippen molar-refractivity contribution in [2.45, 2.75) is 4.21 Å². The van der Waals surface area contributed by atoms with Crippen LogP contribution in [0.1, 0.15) is 15.2 Å². The molecule has 1 heterocycles. The number of sulfonamides is 1. The van der Waals surface area contributed by atoms with Crippen molar-refractivity contribution in [3.8, 4) is 12.3 Å². The summed E-state index contributed by atoms with van der Waals surface area (Å²) in [5, 5.41) is 0.405. The summed E-state index contributed by atoms with van der Waals surface area (Å²) in [6.07, 6.45) is 5.18. The van der Waals surface area contributed by atoms with Crippen LogP contribution in [0.25, 0.3) is 0 Å². The molecule has 8 heteroatoms. The van der Waals surface area contributed by atoms with E-state index >= 15 is 0 Å². The Bertz CT molecular complexity index is 851. The zero-order valence-corrected chi connectivity index (χ0v) is 13.4. The Kier molecular flexibility index (Phi) is 4.59. The zero-order chi connectivity index (χ0) is 15.6. The van der Waals surface area contributed by atoms with Crippen molar-refractivity contribution >= 4 is 50.5 Å². The SMILES string of the molecule is C#Cc1ccc(S(=O)(=O)NC(=O)c2ccc(Cl)cc2Cl)s1. The summed E-state index contributed by atoms with van der Waals surface area (Å²) in [6, 6.07) is 6.96. The molecule has 0 saturated heterocycles. The van der Waals surface area contributed by atoms with Crippen LogP contribution in [0.5, 0.6) is 0 Å². The Balaban J connectivity index is 2.28. The van der Waals surface area contributed by atoms with Crippen LogP contribution in [-0.4, -0.2) is 14.3 Å². The minimum atomic E-state index is -3.99. The summed E-state index contributed by atoms with van der Waals surface area (Å²) < 4.78 is 26.0. The van der Waals surface area contributed by atoms with Crippen LogP contribution in [0.4, 0.5) is 0 Å². The molecule has 1 aromatic carbocycles. The first-order valence-corrected chi connectivity index (χ1v) is 8.47.